The minimum Gasteiger partial charge on any atom is -0.316 e. The van der Waals surface area contributed by atoms with Crippen molar-refractivity contribution in [2.75, 3.05) is 6.54 Å². The molecule has 0 radical (unpaired) electrons. The van der Waals surface area contributed by atoms with Crippen molar-refractivity contribution in [2.45, 2.75) is 19.8 Å². The molecular formula is C16H19NO. The normalized spacial score (nSPS) is 15.3. The highest BCUT2D eigenvalue weighted by atomic mass is 16.2. The lowest BCUT2D eigenvalue weighted by Gasteiger charge is -2.16. The highest BCUT2D eigenvalue weighted by Crippen LogP contribution is 2.31. The number of carbonyl (C=O) groups is 1. The van der Waals surface area contributed by atoms with E-state index in [1.165, 1.54) is 11.1 Å². The van der Waals surface area contributed by atoms with Crippen molar-refractivity contribution < 1.29 is 4.79 Å². The number of nitrogens with zero attached hydrogens (tertiary/aromatic N) is 1. The summed E-state index contributed by atoms with van der Waals surface area (Å²) in [5, 5.41) is 0. The molecule has 0 saturated heterocycles. The van der Waals surface area contributed by atoms with E-state index in [-0.39, 0.29) is 11.8 Å². The number of hydrogen-bond acceptors (Lipinski definition) is 1. The molecule has 1 aromatic rings. The van der Waals surface area contributed by atoms with Gasteiger partial charge in [-0.05, 0) is 37.1 Å². The zero-order valence-corrected chi connectivity index (χ0v) is 10.8. The first-order valence-electron chi connectivity index (χ1n) is 6.37. The Bertz CT molecular complexity index is 457. The van der Waals surface area contributed by atoms with Crippen molar-refractivity contribution in [3.8, 4) is 0 Å². The van der Waals surface area contributed by atoms with Gasteiger partial charge in [-0.15, -0.1) is 0 Å². The molecule has 0 heterocycles. The van der Waals surface area contributed by atoms with E-state index in [1.54, 1.807) is 11.1 Å². The molecule has 18 heavy (non-hydrogen) atoms. The number of amides is 1. The Morgan fingerprint density at radius 1 is 1.39 bits per heavy atom. The summed E-state index contributed by atoms with van der Waals surface area (Å²) < 4.78 is 0. The smallest absolute Gasteiger partial charge is 0.229 e. The topological polar surface area (TPSA) is 20.3 Å². The van der Waals surface area contributed by atoms with Crippen LogP contribution in [0.2, 0.25) is 0 Å². The fourth-order valence-electron chi connectivity index (χ4n) is 1.87. The standard InChI is InChI=1S/C16H19NO/c1-3-17(16(18)15-9-10-15)12-11-13(2)14-7-5-4-6-8-14/h3-8,11,15H,1,9-10,12H2,2H3/b13-11-. The Balaban J connectivity index is 2.00. The van der Waals surface area contributed by atoms with E-state index in [0.717, 1.165) is 12.8 Å². The molecule has 0 N–H and O–H groups in total. The van der Waals surface area contributed by atoms with Gasteiger partial charge in [0, 0.05) is 12.5 Å². The van der Waals surface area contributed by atoms with Crippen LogP contribution in [0.15, 0.2) is 49.2 Å². The van der Waals surface area contributed by atoms with Gasteiger partial charge in [0.05, 0.1) is 0 Å². The van der Waals surface area contributed by atoms with Crippen LogP contribution in [0.3, 0.4) is 0 Å². The van der Waals surface area contributed by atoms with Crippen LogP contribution < -0.4 is 0 Å². The quantitative estimate of drug-likeness (QED) is 0.773. The summed E-state index contributed by atoms with van der Waals surface area (Å²) in [7, 11) is 0. The lowest BCUT2D eigenvalue weighted by atomic mass is 10.1. The second kappa shape index (κ2) is 5.67. The third kappa shape index (κ3) is 3.10. The van der Waals surface area contributed by atoms with Crippen LogP contribution in [-0.2, 0) is 4.79 Å². The van der Waals surface area contributed by atoms with Gasteiger partial charge >= 0.3 is 0 Å². The number of rotatable bonds is 5. The summed E-state index contributed by atoms with van der Waals surface area (Å²) in [6.45, 7) is 6.40. The molecule has 2 rings (SSSR count). The van der Waals surface area contributed by atoms with Gasteiger partial charge in [0.1, 0.15) is 0 Å². The molecule has 1 aliphatic rings. The van der Waals surface area contributed by atoms with E-state index >= 15 is 0 Å². The van der Waals surface area contributed by atoms with Gasteiger partial charge in [-0.3, -0.25) is 4.79 Å². The van der Waals surface area contributed by atoms with E-state index in [9.17, 15) is 4.79 Å². The van der Waals surface area contributed by atoms with Crippen molar-refractivity contribution in [1.29, 1.82) is 0 Å². The second-order valence-electron chi connectivity index (χ2n) is 4.70. The third-order valence-electron chi connectivity index (χ3n) is 3.25. The fourth-order valence-corrected chi connectivity index (χ4v) is 1.87. The minimum atomic E-state index is 0.210. The first-order valence-corrected chi connectivity index (χ1v) is 6.37. The zero-order chi connectivity index (χ0) is 13.0. The molecule has 1 aliphatic carbocycles. The summed E-state index contributed by atoms with van der Waals surface area (Å²) in [4.78, 5) is 13.6. The molecule has 1 saturated carbocycles. The predicted molar refractivity (Wildman–Crippen MR) is 74.7 cm³/mol. The minimum absolute atomic E-state index is 0.210. The highest BCUT2D eigenvalue weighted by Gasteiger charge is 2.32. The maximum absolute atomic E-state index is 11.9. The van der Waals surface area contributed by atoms with E-state index in [2.05, 4.69) is 31.7 Å². The summed E-state index contributed by atoms with van der Waals surface area (Å²) in [6, 6.07) is 10.2. The van der Waals surface area contributed by atoms with Crippen LogP contribution in [0.4, 0.5) is 0 Å². The predicted octanol–water partition coefficient (Wildman–Crippen LogP) is 3.47. The SMILES string of the molecule is C=CN(C/C=C(/C)c1ccccc1)C(=O)C1CC1. The Hall–Kier alpha value is -1.83. The van der Waals surface area contributed by atoms with Gasteiger partial charge < -0.3 is 4.90 Å². The summed E-state index contributed by atoms with van der Waals surface area (Å²) >= 11 is 0. The summed E-state index contributed by atoms with van der Waals surface area (Å²) in [5.41, 5.74) is 2.38. The zero-order valence-electron chi connectivity index (χ0n) is 10.8. The molecule has 0 spiro atoms. The molecule has 0 aliphatic heterocycles. The average Bonchev–Trinajstić information content (AvgIpc) is 3.24. The van der Waals surface area contributed by atoms with Gasteiger partial charge in [0.15, 0.2) is 0 Å². The molecule has 1 aromatic carbocycles. The largest absolute Gasteiger partial charge is 0.316 e. The molecule has 0 aromatic heterocycles. The lowest BCUT2D eigenvalue weighted by Crippen LogP contribution is -2.26. The monoisotopic (exact) mass is 241 g/mol. The first-order chi connectivity index (χ1) is 8.72. The Labute approximate surface area is 109 Å². The van der Waals surface area contributed by atoms with Crippen LogP contribution in [0.1, 0.15) is 25.3 Å². The maximum atomic E-state index is 11.9. The molecule has 0 atom stereocenters. The molecule has 94 valence electrons. The average molecular weight is 241 g/mol. The van der Waals surface area contributed by atoms with Crippen LogP contribution in [0.25, 0.3) is 5.57 Å². The van der Waals surface area contributed by atoms with Gasteiger partial charge in [-0.2, -0.15) is 0 Å². The van der Waals surface area contributed by atoms with Crippen molar-refractivity contribution in [3.63, 3.8) is 0 Å². The van der Waals surface area contributed by atoms with Gasteiger partial charge in [-0.25, -0.2) is 0 Å². The molecule has 2 heteroatoms. The van der Waals surface area contributed by atoms with Crippen molar-refractivity contribution in [2.24, 2.45) is 5.92 Å². The Kier molecular flexibility index (Phi) is 3.98. The van der Waals surface area contributed by atoms with Gasteiger partial charge in [0.2, 0.25) is 5.91 Å². The summed E-state index contributed by atoms with van der Waals surface area (Å²) in [5.74, 6) is 0.454. The second-order valence-corrected chi connectivity index (χ2v) is 4.70. The van der Waals surface area contributed by atoms with E-state index in [0.29, 0.717) is 6.54 Å². The molecular weight excluding hydrogens is 222 g/mol. The molecule has 2 nitrogen and oxygen atoms in total. The molecule has 1 fully saturated rings. The van der Waals surface area contributed by atoms with Gasteiger partial charge in [-0.1, -0.05) is 43.0 Å². The number of carbonyl (C=O) groups excluding carboxylic acids is 1. The molecule has 0 unspecified atom stereocenters. The lowest BCUT2D eigenvalue weighted by molar-refractivity contribution is -0.129. The maximum Gasteiger partial charge on any atom is 0.229 e. The van der Waals surface area contributed by atoms with Crippen LogP contribution in [0.5, 0.6) is 0 Å². The van der Waals surface area contributed by atoms with E-state index in [4.69, 9.17) is 0 Å². The fraction of sp³-hybridized carbons (Fsp3) is 0.312. The van der Waals surface area contributed by atoms with E-state index < -0.39 is 0 Å². The van der Waals surface area contributed by atoms with Crippen LogP contribution in [-0.4, -0.2) is 17.4 Å². The van der Waals surface area contributed by atoms with Crippen LogP contribution >= 0.6 is 0 Å². The van der Waals surface area contributed by atoms with Crippen molar-refractivity contribution >= 4 is 11.5 Å². The van der Waals surface area contributed by atoms with Crippen molar-refractivity contribution in [1.82, 2.24) is 4.90 Å². The van der Waals surface area contributed by atoms with E-state index in [1.807, 2.05) is 18.2 Å². The number of allylic oxidation sites excluding steroid dienone is 1. The number of hydrogen-bond donors (Lipinski definition) is 0. The number of benzene rings is 1. The van der Waals surface area contributed by atoms with Crippen LogP contribution in [0, 0.1) is 5.92 Å². The summed E-state index contributed by atoms with van der Waals surface area (Å²) in [6.07, 6.45) is 5.78. The molecule has 0 bridgehead atoms. The third-order valence-corrected chi connectivity index (χ3v) is 3.25. The first kappa shape index (κ1) is 12.6. The van der Waals surface area contributed by atoms with Gasteiger partial charge in [0.25, 0.3) is 0 Å². The Morgan fingerprint density at radius 2 is 2.06 bits per heavy atom. The molecule has 1 amide bonds. The van der Waals surface area contributed by atoms with Crippen molar-refractivity contribution in [3.05, 3.63) is 54.8 Å². The highest BCUT2D eigenvalue weighted by molar-refractivity contribution is 5.82. The Morgan fingerprint density at radius 3 is 2.61 bits per heavy atom.